The van der Waals surface area contributed by atoms with E-state index < -0.39 is 0 Å². The van der Waals surface area contributed by atoms with Crippen LogP contribution in [0.1, 0.15) is 19.4 Å². The van der Waals surface area contributed by atoms with Crippen molar-refractivity contribution in [2.45, 2.75) is 32.5 Å². The summed E-state index contributed by atoms with van der Waals surface area (Å²) in [5.41, 5.74) is 1.32. The molecular weight excluding hydrogens is 370 g/mol. The smallest absolute Gasteiger partial charge is 0.266 e. The van der Waals surface area contributed by atoms with E-state index in [1.165, 1.54) is 11.8 Å². The third-order valence-electron chi connectivity index (χ3n) is 3.75. The van der Waals surface area contributed by atoms with Gasteiger partial charge in [-0.25, -0.2) is 0 Å². The Morgan fingerprint density at radius 3 is 2.79 bits per heavy atom. The Hall–Kier alpha value is -1.84. The van der Waals surface area contributed by atoms with E-state index >= 15 is 0 Å². The number of rotatable bonds is 5. The molecule has 1 heterocycles. The zero-order valence-electron chi connectivity index (χ0n) is 14.0. The Labute approximate surface area is 151 Å². The van der Waals surface area contributed by atoms with Crippen LogP contribution in [0.15, 0.2) is 40.5 Å². The summed E-state index contributed by atoms with van der Waals surface area (Å²) in [5.74, 6) is -0.241. The van der Waals surface area contributed by atoms with Gasteiger partial charge in [-0.3, -0.25) is 4.79 Å². The molecule has 0 radical (unpaired) electrons. The molecule has 1 amide bonds. The first-order chi connectivity index (χ1) is 11.5. The maximum absolute atomic E-state index is 12.5. The molecule has 1 aromatic carbocycles. The molecule has 5 nitrogen and oxygen atoms in total. The van der Waals surface area contributed by atoms with Gasteiger partial charge in [0.05, 0.1) is 12.2 Å². The number of carbonyl (C=O) groups excluding carboxylic acids is 1. The van der Waals surface area contributed by atoms with Crippen LogP contribution in [-0.2, 0) is 16.0 Å². The van der Waals surface area contributed by atoms with Gasteiger partial charge >= 0.3 is 0 Å². The number of halogens is 1. The van der Waals surface area contributed by atoms with E-state index in [2.05, 4.69) is 27.3 Å². The molecule has 2 unspecified atom stereocenters. The van der Waals surface area contributed by atoms with Crippen molar-refractivity contribution in [1.82, 2.24) is 10.2 Å². The van der Waals surface area contributed by atoms with E-state index in [4.69, 9.17) is 4.74 Å². The Kier molecular flexibility index (Phi) is 6.83. The van der Waals surface area contributed by atoms with E-state index in [9.17, 15) is 10.1 Å². The lowest BCUT2D eigenvalue weighted by molar-refractivity contribution is -0.138. The fourth-order valence-corrected chi connectivity index (χ4v) is 3.19. The lowest BCUT2D eigenvalue weighted by Gasteiger charge is -2.35. The van der Waals surface area contributed by atoms with Crippen LogP contribution in [0.5, 0.6) is 0 Å². The molecule has 0 bridgehead atoms. The molecule has 128 valence electrons. The van der Waals surface area contributed by atoms with Gasteiger partial charge in [-0.15, -0.1) is 0 Å². The van der Waals surface area contributed by atoms with Gasteiger partial charge in [0.15, 0.2) is 0 Å². The number of amides is 1. The highest BCUT2D eigenvalue weighted by molar-refractivity contribution is 9.10. The van der Waals surface area contributed by atoms with Crippen LogP contribution >= 0.6 is 15.9 Å². The van der Waals surface area contributed by atoms with E-state index in [1.54, 1.807) is 4.90 Å². The lowest BCUT2D eigenvalue weighted by Crippen LogP contribution is -2.48. The average Bonchev–Trinajstić information content (AvgIpc) is 2.53. The van der Waals surface area contributed by atoms with Crippen molar-refractivity contribution in [2.75, 3.05) is 19.6 Å². The van der Waals surface area contributed by atoms with Crippen LogP contribution in [0.25, 0.3) is 0 Å². The standard InChI is InChI=1S/C18H22BrN3O2/c1-13-11-22(12-14(2)24-13)18(23)16(9-20)10-21-7-6-15-4-3-5-17(19)8-15/h3-5,8,10,13-14,21H,6-7,11-12H2,1-2H3/b16-10-. The summed E-state index contributed by atoms with van der Waals surface area (Å²) >= 11 is 3.44. The van der Waals surface area contributed by atoms with Gasteiger partial charge in [0.2, 0.25) is 0 Å². The number of nitrogens with one attached hydrogen (secondary N) is 1. The summed E-state index contributed by atoms with van der Waals surface area (Å²) in [6.07, 6.45) is 2.31. The molecule has 2 rings (SSSR count). The number of nitriles is 1. The number of morpholine rings is 1. The second kappa shape index (κ2) is 8.86. The molecule has 1 fully saturated rings. The SMILES string of the molecule is CC1CN(C(=O)/C(C#N)=C\NCCc2cccc(Br)c2)CC(C)O1. The maximum atomic E-state index is 12.5. The van der Waals surface area contributed by atoms with Crippen molar-refractivity contribution in [1.29, 1.82) is 5.26 Å². The van der Waals surface area contributed by atoms with E-state index in [0.29, 0.717) is 19.6 Å². The van der Waals surface area contributed by atoms with Crippen molar-refractivity contribution in [3.8, 4) is 6.07 Å². The predicted molar refractivity (Wildman–Crippen MR) is 96.1 cm³/mol. The molecule has 6 heteroatoms. The summed E-state index contributed by atoms with van der Waals surface area (Å²) in [5, 5.41) is 12.3. The Bertz CT molecular complexity index is 644. The molecule has 1 aliphatic heterocycles. The zero-order valence-corrected chi connectivity index (χ0v) is 15.5. The molecule has 1 aliphatic rings. The summed E-state index contributed by atoms with van der Waals surface area (Å²) in [6.45, 7) is 5.55. The number of ether oxygens (including phenoxy) is 1. The maximum Gasteiger partial charge on any atom is 0.266 e. The van der Waals surface area contributed by atoms with Crippen molar-refractivity contribution in [2.24, 2.45) is 0 Å². The van der Waals surface area contributed by atoms with Gasteiger partial charge < -0.3 is 15.0 Å². The monoisotopic (exact) mass is 391 g/mol. The molecule has 0 spiro atoms. The highest BCUT2D eigenvalue weighted by Crippen LogP contribution is 2.13. The van der Waals surface area contributed by atoms with Gasteiger partial charge in [0.1, 0.15) is 11.6 Å². The summed E-state index contributed by atoms with van der Waals surface area (Å²) in [4.78, 5) is 14.1. The number of hydrogen-bond donors (Lipinski definition) is 1. The normalized spacial score (nSPS) is 21.2. The van der Waals surface area contributed by atoms with Crippen LogP contribution in [-0.4, -0.2) is 42.6 Å². The predicted octanol–water partition coefficient (Wildman–Crippen LogP) is 2.62. The Morgan fingerprint density at radius 1 is 1.46 bits per heavy atom. The summed E-state index contributed by atoms with van der Waals surface area (Å²) in [7, 11) is 0. The van der Waals surface area contributed by atoms with Crippen molar-refractivity contribution in [3.05, 3.63) is 46.1 Å². The van der Waals surface area contributed by atoms with E-state index in [-0.39, 0.29) is 23.7 Å². The largest absolute Gasteiger partial charge is 0.389 e. The Balaban J connectivity index is 1.89. The minimum absolute atomic E-state index is 0.0119. The van der Waals surface area contributed by atoms with Gasteiger partial charge in [-0.05, 0) is 38.0 Å². The second-order valence-corrected chi connectivity index (χ2v) is 6.89. The Morgan fingerprint density at radius 2 is 2.17 bits per heavy atom. The number of carbonyl (C=O) groups is 1. The van der Waals surface area contributed by atoms with Crippen LogP contribution < -0.4 is 5.32 Å². The molecule has 0 aliphatic carbocycles. The van der Waals surface area contributed by atoms with Crippen LogP contribution in [0.2, 0.25) is 0 Å². The van der Waals surface area contributed by atoms with Crippen LogP contribution in [0, 0.1) is 11.3 Å². The van der Waals surface area contributed by atoms with Crippen molar-refractivity contribution < 1.29 is 9.53 Å². The third kappa shape index (κ3) is 5.36. The number of hydrogen-bond acceptors (Lipinski definition) is 4. The van der Waals surface area contributed by atoms with E-state index in [1.807, 2.05) is 38.1 Å². The fraction of sp³-hybridized carbons (Fsp3) is 0.444. The highest BCUT2D eigenvalue weighted by atomic mass is 79.9. The van der Waals surface area contributed by atoms with Gasteiger partial charge in [-0.2, -0.15) is 5.26 Å². The van der Waals surface area contributed by atoms with Crippen molar-refractivity contribution >= 4 is 21.8 Å². The highest BCUT2D eigenvalue weighted by Gasteiger charge is 2.27. The summed E-state index contributed by atoms with van der Waals surface area (Å²) in [6, 6.07) is 10.1. The topological polar surface area (TPSA) is 65.4 Å². The minimum Gasteiger partial charge on any atom is -0.389 e. The fourth-order valence-electron chi connectivity index (χ4n) is 2.74. The third-order valence-corrected chi connectivity index (χ3v) is 4.24. The second-order valence-electron chi connectivity index (χ2n) is 5.97. The molecule has 2 atom stereocenters. The average molecular weight is 392 g/mol. The van der Waals surface area contributed by atoms with Crippen LogP contribution in [0.4, 0.5) is 0 Å². The van der Waals surface area contributed by atoms with Crippen molar-refractivity contribution in [3.63, 3.8) is 0 Å². The van der Waals surface area contributed by atoms with Gasteiger partial charge in [-0.1, -0.05) is 28.1 Å². The number of benzene rings is 1. The molecule has 0 saturated carbocycles. The lowest BCUT2D eigenvalue weighted by atomic mass is 10.1. The quantitative estimate of drug-likeness (QED) is 0.475. The zero-order chi connectivity index (χ0) is 17.5. The minimum atomic E-state index is -0.241. The molecule has 0 aromatic heterocycles. The first kappa shape index (κ1) is 18.5. The van der Waals surface area contributed by atoms with Crippen LogP contribution in [0.3, 0.4) is 0 Å². The van der Waals surface area contributed by atoms with E-state index in [0.717, 1.165) is 10.9 Å². The van der Waals surface area contributed by atoms with Gasteiger partial charge in [0, 0.05) is 30.3 Å². The number of nitrogens with zero attached hydrogens (tertiary/aromatic N) is 2. The molecule has 1 saturated heterocycles. The molecular formula is C18H22BrN3O2. The first-order valence-corrected chi connectivity index (χ1v) is 8.81. The summed E-state index contributed by atoms with van der Waals surface area (Å²) < 4.78 is 6.66. The molecule has 24 heavy (non-hydrogen) atoms. The van der Waals surface area contributed by atoms with Gasteiger partial charge in [0.25, 0.3) is 5.91 Å². The first-order valence-electron chi connectivity index (χ1n) is 8.02. The molecule has 1 N–H and O–H groups in total. The molecule has 1 aromatic rings.